The second-order valence-corrected chi connectivity index (χ2v) is 8.72. The number of methoxy groups -OCH3 is 1. The summed E-state index contributed by atoms with van der Waals surface area (Å²) in [7, 11) is 1.68. The molecule has 7 nitrogen and oxygen atoms in total. The van der Waals surface area contributed by atoms with E-state index in [1.165, 1.54) is 16.2 Å². The smallest absolute Gasteiger partial charge is 0.268 e. The second-order valence-electron chi connectivity index (χ2n) is 7.63. The second kappa shape index (κ2) is 9.56. The van der Waals surface area contributed by atoms with E-state index in [4.69, 9.17) is 4.74 Å². The van der Waals surface area contributed by atoms with Crippen LogP contribution in [0.1, 0.15) is 47.4 Å². The number of hydrogen-bond donors (Lipinski definition) is 1. The summed E-state index contributed by atoms with van der Waals surface area (Å²) in [5.74, 6) is -0.425. The lowest BCUT2D eigenvalue weighted by Gasteiger charge is -2.23. The van der Waals surface area contributed by atoms with Gasteiger partial charge in [-0.25, -0.2) is 4.98 Å². The number of thiazole rings is 1. The van der Waals surface area contributed by atoms with Crippen molar-refractivity contribution in [1.29, 1.82) is 5.26 Å². The van der Waals surface area contributed by atoms with Gasteiger partial charge in [-0.3, -0.25) is 15.0 Å². The third-order valence-corrected chi connectivity index (χ3v) is 6.51. The molecule has 3 rings (SSSR count). The molecule has 3 heterocycles. The zero-order chi connectivity index (χ0) is 21.8. The number of aryl methyl sites for hydroxylation is 1. The van der Waals surface area contributed by atoms with Gasteiger partial charge in [-0.1, -0.05) is 6.92 Å². The summed E-state index contributed by atoms with van der Waals surface area (Å²) in [4.78, 5) is 20.9. The highest BCUT2D eigenvalue weighted by Gasteiger charge is 2.21. The van der Waals surface area contributed by atoms with E-state index >= 15 is 0 Å². The molecule has 0 radical (unpaired) electrons. The lowest BCUT2D eigenvalue weighted by Crippen LogP contribution is -2.29. The molecule has 1 unspecified atom stereocenters. The zero-order valence-electron chi connectivity index (χ0n) is 18.3. The van der Waals surface area contributed by atoms with Crippen molar-refractivity contribution < 1.29 is 9.53 Å². The van der Waals surface area contributed by atoms with Crippen molar-refractivity contribution in [3.05, 3.63) is 39.2 Å². The molecule has 1 amide bonds. The summed E-state index contributed by atoms with van der Waals surface area (Å²) in [6.07, 6.45) is 2.54. The van der Waals surface area contributed by atoms with Gasteiger partial charge in [0.1, 0.15) is 11.6 Å². The molecule has 0 saturated heterocycles. The number of ether oxygens (including phenoxy) is 1. The lowest BCUT2D eigenvalue weighted by atomic mass is 10.1. The average molecular weight is 428 g/mol. The number of nitriles is 1. The van der Waals surface area contributed by atoms with Crippen LogP contribution >= 0.6 is 11.3 Å². The third kappa shape index (κ3) is 4.64. The Morgan fingerprint density at radius 1 is 1.50 bits per heavy atom. The van der Waals surface area contributed by atoms with Gasteiger partial charge in [-0.15, -0.1) is 11.3 Å². The van der Waals surface area contributed by atoms with Crippen molar-refractivity contribution in [2.75, 3.05) is 32.1 Å². The summed E-state index contributed by atoms with van der Waals surface area (Å²) in [5, 5.41) is 13.0. The highest BCUT2D eigenvalue weighted by molar-refractivity contribution is 7.15. The van der Waals surface area contributed by atoms with Crippen molar-refractivity contribution in [2.24, 2.45) is 0 Å². The van der Waals surface area contributed by atoms with E-state index in [0.29, 0.717) is 11.7 Å². The van der Waals surface area contributed by atoms with Crippen LogP contribution < -0.4 is 5.32 Å². The van der Waals surface area contributed by atoms with E-state index in [1.807, 2.05) is 26.0 Å². The summed E-state index contributed by atoms with van der Waals surface area (Å²) in [6.45, 7) is 11.7. The molecule has 8 heteroatoms. The number of likely N-dealkylation sites (N-methyl/N-ethyl adjacent to an activating group) is 1. The number of carbonyl (C=O) groups is 1. The van der Waals surface area contributed by atoms with Gasteiger partial charge >= 0.3 is 0 Å². The molecule has 30 heavy (non-hydrogen) atoms. The SMILES string of the molecule is CCN1CCc2nc(NC(=O)/C(C#N)=C/c3cc(C)n(C(C)COC)c3C)sc2C1. The number of fused-ring (bicyclic) bond motifs is 1. The molecular weight excluding hydrogens is 398 g/mol. The van der Waals surface area contributed by atoms with Gasteiger partial charge in [0.05, 0.1) is 18.3 Å². The summed E-state index contributed by atoms with van der Waals surface area (Å²) in [5.41, 5.74) is 4.05. The van der Waals surface area contributed by atoms with Crippen molar-refractivity contribution in [2.45, 2.75) is 46.7 Å². The molecule has 0 aliphatic carbocycles. The van der Waals surface area contributed by atoms with Crippen molar-refractivity contribution in [3.8, 4) is 6.07 Å². The van der Waals surface area contributed by atoms with Crippen LogP contribution in [0.25, 0.3) is 6.08 Å². The topological polar surface area (TPSA) is 83.2 Å². The Hall–Kier alpha value is -2.47. The number of nitrogens with one attached hydrogen (secondary N) is 1. The molecular formula is C22H29N5O2S. The fourth-order valence-electron chi connectivity index (χ4n) is 3.98. The Bertz CT molecular complexity index is 998. The van der Waals surface area contributed by atoms with Crippen molar-refractivity contribution >= 4 is 28.5 Å². The van der Waals surface area contributed by atoms with Gasteiger partial charge in [0, 0.05) is 42.9 Å². The van der Waals surface area contributed by atoms with Crippen LogP contribution in [0.4, 0.5) is 5.13 Å². The number of rotatable bonds is 7. The minimum absolute atomic E-state index is 0.0676. The molecule has 1 N–H and O–H groups in total. The molecule has 1 aliphatic heterocycles. The zero-order valence-corrected chi connectivity index (χ0v) is 19.1. The van der Waals surface area contributed by atoms with Crippen molar-refractivity contribution in [3.63, 3.8) is 0 Å². The maximum Gasteiger partial charge on any atom is 0.268 e. The molecule has 2 aromatic rings. The first-order valence-corrected chi connectivity index (χ1v) is 11.0. The molecule has 0 aromatic carbocycles. The van der Waals surface area contributed by atoms with E-state index in [0.717, 1.165) is 48.7 Å². The molecule has 160 valence electrons. The highest BCUT2D eigenvalue weighted by atomic mass is 32.1. The Morgan fingerprint density at radius 2 is 2.27 bits per heavy atom. The van der Waals surface area contributed by atoms with E-state index in [-0.39, 0.29) is 11.6 Å². The Labute approximate surface area is 182 Å². The molecule has 1 aliphatic rings. The normalized spacial score (nSPS) is 15.5. The molecule has 0 saturated carbocycles. The van der Waals surface area contributed by atoms with Gasteiger partial charge in [0.15, 0.2) is 5.13 Å². The molecule has 2 aromatic heterocycles. The van der Waals surface area contributed by atoms with Crippen LogP contribution in [0.3, 0.4) is 0 Å². The van der Waals surface area contributed by atoms with Crippen LogP contribution in [0, 0.1) is 25.2 Å². The monoisotopic (exact) mass is 427 g/mol. The van der Waals surface area contributed by atoms with Gasteiger partial charge in [-0.2, -0.15) is 5.26 Å². The maximum atomic E-state index is 12.7. The molecule has 0 spiro atoms. The number of aromatic nitrogens is 2. The largest absolute Gasteiger partial charge is 0.383 e. The van der Waals surface area contributed by atoms with E-state index < -0.39 is 5.91 Å². The quantitative estimate of drug-likeness (QED) is 0.538. The number of nitrogens with zero attached hydrogens (tertiary/aromatic N) is 4. The number of anilines is 1. The minimum atomic E-state index is -0.425. The van der Waals surface area contributed by atoms with Gasteiger partial charge < -0.3 is 9.30 Å². The summed E-state index contributed by atoms with van der Waals surface area (Å²) in [6, 6.07) is 4.20. The van der Waals surface area contributed by atoms with Crippen LogP contribution in [0.15, 0.2) is 11.6 Å². The third-order valence-electron chi connectivity index (χ3n) is 5.52. The van der Waals surface area contributed by atoms with Crippen LogP contribution in [0.5, 0.6) is 0 Å². The Morgan fingerprint density at radius 3 is 2.93 bits per heavy atom. The average Bonchev–Trinajstić information content (AvgIpc) is 3.24. The first kappa shape index (κ1) is 22.2. The van der Waals surface area contributed by atoms with E-state index in [2.05, 4.69) is 33.6 Å². The lowest BCUT2D eigenvalue weighted by molar-refractivity contribution is -0.112. The van der Waals surface area contributed by atoms with Crippen LogP contribution in [-0.2, 0) is 22.5 Å². The Balaban J connectivity index is 1.79. The highest BCUT2D eigenvalue weighted by Crippen LogP contribution is 2.29. The first-order valence-electron chi connectivity index (χ1n) is 10.2. The number of carbonyl (C=O) groups excluding carboxylic acids is 1. The number of amides is 1. The maximum absolute atomic E-state index is 12.7. The Kier molecular flexibility index (Phi) is 7.08. The van der Waals surface area contributed by atoms with Crippen molar-refractivity contribution in [1.82, 2.24) is 14.5 Å². The van der Waals surface area contributed by atoms with Crippen LogP contribution in [-0.4, -0.2) is 47.2 Å². The predicted molar refractivity (Wildman–Crippen MR) is 119 cm³/mol. The predicted octanol–water partition coefficient (Wildman–Crippen LogP) is 3.69. The van der Waals surface area contributed by atoms with Gasteiger partial charge in [0.25, 0.3) is 5.91 Å². The standard InChI is InChI=1S/C22H29N5O2S/c1-6-26-8-7-19-20(12-26)30-22(24-19)25-21(28)18(11-23)10-17-9-14(2)27(16(17)4)15(3)13-29-5/h9-10,15H,6-8,12-13H2,1-5H3,(H,24,25,28)/b18-10+. The van der Waals surface area contributed by atoms with E-state index in [1.54, 1.807) is 13.2 Å². The van der Waals surface area contributed by atoms with Gasteiger partial charge in [0.2, 0.25) is 0 Å². The fourth-order valence-corrected chi connectivity index (χ4v) is 5.03. The molecule has 0 fully saturated rings. The number of hydrogen-bond acceptors (Lipinski definition) is 6. The molecule has 1 atom stereocenters. The first-order chi connectivity index (χ1) is 14.4. The van der Waals surface area contributed by atoms with E-state index in [9.17, 15) is 10.1 Å². The fraction of sp³-hybridized carbons (Fsp3) is 0.500. The van der Waals surface area contributed by atoms with Crippen LogP contribution in [0.2, 0.25) is 0 Å². The minimum Gasteiger partial charge on any atom is -0.383 e. The summed E-state index contributed by atoms with van der Waals surface area (Å²) < 4.78 is 7.43. The summed E-state index contributed by atoms with van der Waals surface area (Å²) >= 11 is 1.50. The van der Waals surface area contributed by atoms with Gasteiger partial charge in [-0.05, 0) is 45.0 Å². The molecule has 0 bridgehead atoms.